The molecule has 2 heteroatoms. The Balaban J connectivity index is 1.82. The van der Waals surface area contributed by atoms with E-state index in [4.69, 9.17) is 0 Å². The minimum Gasteiger partial charge on any atom is -0.354 e. The third kappa shape index (κ3) is 3.52. The van der Waals surface area contributed by atoms with Crippen molar-refractivity contribution in [3.8, 4) is 11.1 Å². The monoisotopic (exact) mass is 592 g/mol. The Kier molecular flexibility index (Phi) is 6.25. The summed E-state index contributed by atoms with van der Waals surface area (Å²) in [6, 6.07) is 2.49. The lowest BCUT2D eigenvalue weighted by atomic mass is 9.82. The van der Waals surface area contributed by atoms with Crippen molar-refractivity contribution in [2.75, 3.05) is 0 Å². The van der Waals surface area contributed by atoms with Crippen LogP contribution < -0.4 is 0 Å². The number of hydrogen-bond acceptors (Lipinski definition) is 0. The molecular formula is C43H48N2. The molecule has 2 N–H and O–H groups in total. The zero-order valence-corrected chi connectivity index (χ0v) is 30.1. The van der Waals surface area contributed by atoms with Crippen LogP contribution in [0.25, 0.3) is 65.5 Å². The first-order valence-electron chi connectivity index (χ1n) is 16.6. The minimum absolute atomic E-state index is 1.23. The molecule has 7 rings (SSSR count). The molecule has 5 aromatic carbocycles. The summed E-state index contributed by atoms with van der Waals surface area (Å²) in [6.45, 7) is 34.6. The highest BCUT2D eigenvalue weighted by Gasteiger charge is 2.26. The highest BCUT2D eigenvalue weighted by atomic mass is 14.7. The van der Waals surface area contributed by atoms with Crippen molar-refractivity contribution in [2.45, 2.75) is 104 Å². The van der Waals surface area contributed by atoms with Gasteiger partial charge in [-0.2, -0.15) is 0 Å². The van der Waals surface area contributed by atoms with Gasteiger partial charge in [0.05, 0.1) is 5.52 Å². The molecule has 0 spiro atoms. The number of H-pyrrole nitrogens is 2. The zero-order valence-electron chi connectivity index (χ0n) is 30.1. The van der Waals surface area contributed by atoms with Crippen LogP contribution in [0.2, 0.25) is 0 Å². The lowest BCUT2D eigenvalue weighted by Gasteiger charge is -2.22. The predicted molar refractivity (Wildman–Crippen MR) is 199 cm³/mol. The summed E-state index contributed by atoms with van der Waals surface area (Å²) in [5.74, 6) is 0. The topological polar surface area (TPSA) is 31.6 Å². The van der Waals surface area contributed by atoms with Gasteiger partial charge in [0.1, 0.15) is 0 Å². The van der Waals surface area contributed by atoms with Crippen LogP contribution in [0, 0.1) is 104 Å². The number of aromatic amines is 2. The van der Waals surface area contributed by atoms with Crippen LogP contribution in [0.3, 0.4) is 0 Å². The molecule has 0 saturated carbocycles. The molecule has 45 heavy (non-hydrogen) atoms. The molecule has 0 aliphatic carbocycles. The summed E-state index contributed by atoms with van der Waals surface area (Å²) in [5, 5.41) is 8.34. The zero-order chi connectivity index (χ0) is 32.7. The normalized spacial score (nSPS) is 12.3. The van der Waals surface area contributed by atoms with Gasteiger partial charge in [0, 0.05) is 43.7 Å². The fourth-order valence-electron chi connectivity index (χ4n) is 8.69. The number of rotatable bonds is 1. The van der Waals surface area contributed by atoms with E-state index in [0.717, 1.165) is 0 Å². The molecule has 0 fully saturated rings. The van der Waals surface area contributed by atoms with Crippen LogP contribution in [-0.2, 0) is 0 Å². The number of aryl methyl sites for hydroxylation is 7. The van der Waals surface area contributed by atoms with E-state index in [1.54, 1.807) is 0 Å². The van der Waals surface area contributed by atoms with E-state index in [9.17, 15) is 0 Å². The van der Waals surface area contributed by atoms with Gasteiger partial charge < -0.3 is 9.97 Å². The van der Waals surface area contributed by atoms with Crippen molar-refractivity contribution in [1.82, 2.24) is 9.97 Å². The molecule has 0 aliphatic heterocycles. The maximum atomic E-state index is 4.05. The number of hydrogen-bond donors (Lipinski definition) is 2. The van der Waals surface area contributed by atoms with Gasteiger partial charge in [0.2, 0.25) is 0 Å². The highest BCUT2D eigenvalue weighted by molar-refractivity contribution is 6.28. The van der Waals surface area contributed by atoms with Crippen molar-refractivity contribution in [3.63, 3.8) is 0 Å². The van der Waals surface area contributed by atoms with E-state index in [0.29, 0.717) is 0 Å². The van der Waals surface area contributed by atoms with Gasteiger partial charge in [-0.25, -0.2) is 0 Å². The second-order valence-electron chi connectivity index (χ2n) is 14.3. The predicted octanol–water partition coefficient (Wildman–Crippen LogP) is 12.4. The summed E-state index contributed by atoms with van der Waals surface area (Å²) in [5.41, 5.74) is 28.5. The minimum atomic E-state index is 1.23. The molecule has 2 heterocycles. The average molecular weight is 593 g/mol. The number of benzene rings is 5. The molecule has 2 aromatic heterocycles. The number of aromatic nitrogens is 2. The quantitative estimate of drug-likeness (QED) is 0.190. The lowest BCUT2D eigenvalue weighted by Crippen LogP contribution is -2.00. The molecule has 0 saturated heterocycles. The van der Waals surface area contributed by atoms with Gasteiger partial charge in [-0.15, -0.1) is 0 Å². The van der Waals surface area contributed by atoms with Gasteiger partial charge >= 0.3 is 0 Å². The van der Waals surface area contributed by atoms with Gasteiger partial charge in [-0.3, -0.25) is 0 Å². The van der Waals surface area contributed by atoms with Crippen molar-refractivity contribution >= 4 is 54.4 Å². The van der Waals surface area contributed by atoms with Crippen LogP contribution in [0.5, 0.6) is 0 Å². The van der Waals surface area contributed by atoms with Crippen molar-refractivity contribution in [2.24, 2.45) is 0 Å². The first-order valence-corrected chi connectivity index (χ1v) is 16.6. The van der Waals surface area contributed by atoms with Crippen LogP contribution in [-0.4, -0.2) is 9.97 Å². The summed E-state index contributed by atoms with van der Waals surface area (Å²) in [6.07, 6.45) is 0. The molecule has 230 valence electrons. The first kappa shape index (κ1) is 29.7. The van der Waals surface area contributed by atoms with Crippen LogP contribution in [0.4, 0.5) is 0 Å². The highest BCUT2D eigenvalue weighted by Crippen LogP contribution is 2.49. The number of fused-ring (bicyclic) bond motifs is 8. The van der Waals surface area contributed by atoms with Crippen LogP contribution in [0.1, 0.15) is 83.5 Å². The van der Waals surface area contributed by atoms with Gasteiger partial charge in [0.25, 0.3) is 0 Å². The summed E-state index contributed by atoms with van der Waals surface area (Å²) >= 11 is 0. The molecule has 0 aliphatic rings. The second kappa shape index (κ2) is 9.49. The Hall–Kier alpha value is -4.04. The molecule has 0 atom stereocenters. The summed E-state index contributed by atoms with van der Waals surface area (Å²) in [7, 11) is 0. The first-order chi connectivity index (χ1) is 21.1. The standard InChI is InChI=1S/C43H48N2/c1-17-18(2)26(10)36-34(24(17)8)32(16-33-40(36)39-28(12)20(4)21(5)30(14)41(39)44-33)35-25(9)23(7)29(13)38-37-27(11)19(3)22(6)31(15)42(37)45-43(35)38/h16,44-45H,1-15H3. The summed E-state index contributed by atoms with van der Waals surface area (Å²) in [4.78, 5) is 8.03. The van der Waals surface area contributed by atoms with Gasteiger partial charge in [-0.1, -0.05) is 0 Å². The average Bonchev–Trinajstić information content (AvgIpc) is 3.60. The Labute approximate surface area is 268 Å². The molecule has 0 bridgehead atoms. The third-order valence-corrected chi connectivity index (χ3v) is 12.8. The largest absolute Gasteiger partial charge is 0.354 e. The summed E-state index contributed by atoms with van der Waals surface area (Å²) < 4.78 is 0. The van der Waals surface area contributed by atoms with Crippen molar-refractivity contribution in [3.05, 3.63) is 89.5 Å². The van der Waals surface area contributed by atoms with Gasteiger partial charge in [0.15, 0.2) is 0 Å². The molecular weight excluding hydrogens is 544 g/mol. The molecule has 0 unspecified atom stereocenters. The van der Waals surface area contributed by atoms with Crippen molar-refractivity contribution in [1.29, 1.82) is 0 Å². The van der Waals surface area contributed by atoms with E-state index in [1.165, 1.54) is 149 Å². The molecule has 0 amide bonds. The van der Waals surface area contributed by atoms with Crippen molar-refractivity contribution < 1.29 is 0 Å². The maximum Gasteiger partial charge on any atom is 0.0550 e. The SMILES string of the molecule is Cc1c(C)c(C)c2c([nH]c3c(-c4cc5[nH]c6c(C)c(C)c(C)c(C)c6c5c5c(C)c(C)c(C)c(C)c45)c(C)c(C)c(C)c32)c1C. The van der Waals surface area contributed by atoms with Gasteiger partial charge in [-0.05, 0) is 210 Å². The van der Waals surface area contributed by atoms with E-state index >= 15 is 0 Å². The fourth-order valence-corrected chi connectivity index (χ4v) is 8.69. The van der Waals surface area contributed by atoms with Crippen LogP contribution >= 0.6 is 0 Å². The molecule has 0 radical (unpaired) electrons. The second-order valence-corrected chi connectivity index (χ2v) is 14.3. The number of nitrogens with one attached hydrogen (secondary N) is 2. The smallest absolute Gasteiger partial charge is 0.0550 e. The Bertz CT molecular complexity index is 2510. The molecule has 7 aromatic rings. The Morgan fingerprint density at radius 3 is 1.16 bits per heavy atom. The van der Waals surface area contributed by atoms with E-state index in [1.807, 2.05) is 0 Å². The van der Waals surface area contributed by atoms with Crippen LogP contribution in [0.15, 0.2) is 6.07 Å². The Morgan fingerprint density at radius 1 is 0.289 bits per heavy atom. The van der Waals surface area contributed by atoms with E-state index in [-0.39, 0.29) is 0 Å². The maximum absolute atomic E-state index is 4.05. The Morgan fingerprint density at radius 2 is 0.644 bits per heavy atom. The van der Waals surface area contributed by atoms with E-state index < -0.39 is 0 Å². The third-order valence-electron chi connectivity index (χ3n) is 12.8. The lowest BCUT2D eigenvalue weighted by molar-refractivity contribution is 1.24. The molecule has 2 nitrogen and oxygen atoms in total. The van der Waals surface area contributed by atoms with E-state index in [2.05, 4.69) is 120 Å². The fraction of sp³-hybridized carbons (Fsp3) is 0.349.